The van der Waals surface area contributed by atoms with E-state index in [2.05, 4.69) is 183 Å². The summed E-state index contributed by atoms with van der Waals surface area (Å²) >= 11 is 0. The van der Waals surface area contributed by atoms with Gasteiger partial charge in [-0.3, -0.25) is 0 Å². The van der Waals surface area contributed by atoms with Gasteiger partial charge in [-0.05, 0) is 66.8 Å². The highest BCUT2D eigenvalue weighted by molar-refractivity contribution is 5.61. The summed E-state index contributed by atoms with van der Waals surface area (Å²) in [5, 5.41) is 0. The highest BCUT2D eigenvalue weighted by atomic mass is 14.4. The summed E-state index contributed by atoms with van der Waals surface area (Å²) in [6.45, 7) is 19.2. The predicted octanol–water partition coefficient (Wildman–Crippen LogP) is 11.8. The molecule has 43 heavy (non-hydrogen) atoms. The van der Waals surface area contributed by atoms with Crippen LogP contribution in [0, 0.1) is 0 Å². The third-order valence-electron chi connectivity index (χ3n) is 8.66. The molecule has 0 bridgehead atoms. The molecule has 0 aliphatic rings. The van der Waals surface area contributed by atoms with Gasteiger partial charge in [0.2, 0.25) is 0 Å². The van der Waals surface area contributed by atoms with Crippen molar-refractivity contribution < 1.29 is 0 Å². The van der Waals surface area contributed by atoms with Crippen molar-refractivity contribution in [1.29, 1.82) is 0 Å². The van der Waals surface area contributed by atoms with Gasteiger partial charge in [0, 0.05) is 11.8 Å². The molecular weight excluding hydrogens is 516 g/mol. The number of hydrogen-bond acceptors (Lipinski definition) is 0. The summed E-state index contributed by atoms with van der Waals surface area (Å²) in [5.41, 5.74) is 12.6. The van der Waals surface area contributed by atoms with Gasteiger partial charge in [-0.15, -0.1) is 0 Å². The highest BCUT2D eigenvalue weighted by Crippen LogP contribution is 2.50. The second-order valence-corrected chi connectivity index (χ2v) is 14.4. The fraction of sp³-hybridized carbons (Fsp3) is 0.302. The van der Waals surface area contributed by atoms with Crippen LogP contribution in [0.4, 0.5) is 0 Å². The van der Waals surface area contributed by atoms with Crippen LogP contribution in [-0.4, -0.2) is 0 Å². The minimum atomic E-state index is -0.0513. The van der Waals surface area contributed by atoms with E-state index in [1.54, 1.807) is 0 Å². The molecule has 0 amide bonds. The normalized spacial score (nSPS) is 12.3. The Balaban J connectivity index is 2.00. The minimum Gasteiger partial charge on any atom is -0.0622 e. The first-order chi connectivity index (χ1) is 20.5. The molecule has 0 saturated carbocycles. The van der Waals surface area contributed by atoms with E-state index in [0.717, 1.165) is 0 Å². The molecule has 0 radical (unpaired) electrons. The van der Waals surface area contributed by atoms with Crippen molar-refractivity contribution in [1.82, 2.24) is 0 Å². The van der Waals surface area contributed by atoms with Crippen molar-refractivity contribution >= 4 is 0 Å². The maximum atomic E-state index is 2.61. The van der Waals surface area contributed by atoms with E-state index < -0.39 is 0 Å². The van der Waals surface area contributed by atoms with Crippen molar-refractivity contribution in [2.75, 3.05) is 0 Å². The summed E-state index contributed by atoms with van der Waals surface area (Å²) in [4.78, 5) is 0. The Hall–Kier alpha value is -3.90. The molecule has 0 atom stereocenters. The average Bonchev–Trinajstić information content (AvgIpc) is 2.98. The first-order valence-corrected chi connectivity index (χ1v) is 15.9. The zero-order valence-electron chi connectivity index (χ0n) is 27.4. The van der Waals surface area contributed by atoms with E-state index >= 15 is 0 Å². The lowest BCUT2D eigenvalue weighted by Crippen LogP contribution is -2.28. The second kappa shape index (κ2) is 12.4. The summed E-state index contributed by atoms with van der Waals surface area (Å²) in [6.07, 6.45) is 0. The van der Waals surface area contributed by atoms with Crippen LogP contribution in [0.5, 0.6) is 0 Å². The molecule has 0 unspecified atom stereocenters. The fourth-order valence-electron chi connectivity index (χ4n) is 7.14. The van der Waals surface area contributed by atoms with E-state index in [4.69, 9.17) is 0 Å². The third-order valence-corrected chi connectivity index (χ3v) is 8.66. The predicted molar refractivity (Wildman–Crippen MR) is 186 cm³/mol. The Labute approximate surface area is 260 Å². The molecule has 0 spiro atoms. The van der Waals surface area contributed by atoms with Crippen molar-refractivity contribution in [2.24, 2.45) is 0 Å². The Morgan fingerprint density at radius 1 is 0.395 bits per heavy atom. The van der Waals surface area contributed by atoms with Gasteiger partial charge in [0.15, 0.2) is 0 Å². The molecule has 5 rings (SSSR count). The lowest BCUT2D eigenvalue weighted by atomic mass is 9.64. The smallest absolute Gasteiger partial charge is 0.0343 e. The molecule has 0 fully saturated rings. The van der Waals surface area contributed by atoms with Gasteiger partial charge in [0.05, 0.1) is 0 Å². The zero-order chi connectivity index (χ0) is 30.8. The SMILES string of the molecule is CC(C)c1c(C(C)(C)C)c(C(c2ccccc2)c2ccccc2)cc(C(c2ccccc2)c2ccccc2)c1C(C)(C)C. The van der Waals surface area contributed by atoms with Gasteiger partial charge >= 0.3 is 0 Å². The summed E-state index contributed by atoms with van der Waals surface area (Å²) in [7, 11) is 0. The van der Waals surface area contributed by atoms with Crippen molar-refractivity contribution in [3.05, 3.63) is 177 Å². The molecule has 5 aromatic rings. The minimum absolute atomic E-state index is 0.0513. The molecule has 0 nitrogen and oxygen atoms in total. The molecule has 5 aromatic carbocycles. The first-order valence-electron chi connectivity index (χ1n) is 15.9. The van der Waals surface area contributed by atoms with Crippen LogP contribution in [0.2, 0.25) is 0 Å². The fourth-order valence-corrected chi connectivity index (χ4v) is 7.14. The Kier molecular flexibility index (Phi) is 8.79. The maximum Gasteiger partial charge on any atom is 0.0343 e. The Morgan fingerprint density at radius 3 is 0.860 bits per heavy atom. The van der Waals surface area contributed by atoms with Crippen LogP contribution in [0.15, 0.2) is 127 Å². The first kappa shape index (κ1) is 30.6. The van der Waals surface area contributed by atoms with E-state index in [1.807, 2.05) is 0 Å². The topological polar surface area (TPSA) is 0 Å². The molecule has 0 heterocycles. The molecule has 0 aliphatic heterocycles. The summed E-state index contributed by atoms with van der Waals surface area (Å²) < 4.78 is 0. The van der Waals surface area contributed by atoms with Crippen molar-refractivity contribution in [2.45, 2.75) is 84.0 Å². The number of hydrogen-bond donors (Lipinski definition) is 0. The summed E-state index contributed by atoms with van der Waals surface area (Å²) in [6, 6.07) is 47.1. The quantitative estimate of drug-likeness (QED) is 0.172. The highest BCUT2D eigenvalue weighted by Gasteiger charge is 2.37. The lowest BCUT2D eigenvalue weighted by Gasteiger charge is -2.40. The van der Waals surface area contributed by atoms with Gasteiger partial charge in [-0.2, -0.15) is 0 Å². The van der Waals surface area contributed by atoms with Crippen LogP contribution in [0.1, 0.15) is 123 Å². The zero-order valence-corrected chi connectivity index (χ0v) is 27.4. The number of rotatable bonds is 7. The van der Waals surface area contributed by atoms with Crippen LogP contribution < -0.4 is 0 Å². The largest absolute Gasteiger partial charge is 0.0622 e. The monoisotopic (exact) mass is 564 g/mol. The summed E-state index contributed by atoms with van der Waals surface area (Å²) in [5.74, 6) is 0.602. The van der Waals surface area contributed by atoms with Gasteiger partial charge in [0.1, 0.15) is 0 Å². The molecule has 0 aromatic heterocycles. The Morgan fingerprint density at radius 2 is 0.651 bits per heavy atom. The molecule has 0 saturated heterocycles. The van der Waals surface area contributed by atoms with E-state index in [-0.39, 0.29) is 22.7 Å². The maximum absolute atomic E-state index is 2.61. The van der Waals surface area contributed by atoms with Crippen LogP contribution >= 0.6 is 0 Å². The van der Waals surface area contributed by atoms with Gasteiger partial charge in [0.25, 0.3) is 0 Å². The van der Waals surface area contributed by atoms with E-state index in [0.29, 0.717) is 5.92 Å². The molecule has 220 valence electrons. The van der Waals surface area contributed by atoms with Crippen LogP contribution in [0.3, 0.4) is 0 Å². The van der Waals surface area contributed by atoms with Crippen LogP contribution in [-0.2, 0) is 10.8 Å². The molecule has 0 heteroatoms. The lowest BCUT2D eigenvalue weighted by molar-refractivity contribution is 0.534. The van der Waals surface area contributed by atoms with Gasteiger partial charge in [-0.1, -0.05) is 183 Å². The van der Waals surface area contributed by atoms with Crippen LogP contribution in [0.25, 0.3) is 0 Å². The van der Waals surface area contributed by atoms with Gasteiger partial charge in [-0.25, -0.2) is 0 Å². The van der Waals surface area contributed by atoms with Crippen molar-refractivity contribution in [3.63, 3.8) is 0 Å². The van der Waals surface area contributed by atoms with E-state index in [1.165, 1.54) is 50.1 Å². The standard InChI is InChI=1S/C43H48/c1-30(2)37-40(42(3,4)5)35(38(31-21-13-9-14-22-31)32-23-15-10-16-24-32)29-36(41(37)43(6,7)8)39(33-25-17-11-18-26-33)34-27-19-12-20-28-34/h9-30,38-39H,1-8H3. The van der Waals surface area contributed by atoms with E-state index in [9.17, 15) is 0 Å². The molecule has 0 N–H and O–H groups in total. The molecule has 0 aliphatic carbocycles. The van der Waals surface area contributed by atoms with Gasteiger partial charge < -0.3 is 0 Å². The Bertz CT molecular complexity index is 1420. The number of benzene rings is 5. The average molecular weight is 565 g/mol. The third kappa shape index (κ3) is 6.40. The van der Waals surface area contributed by atoms with Crippen molar-refractivity contribution in [3.8, 4) is 0 Å². The second-order valence-electron chi connectivity index (χ2n) is 14.4. The molecular formula is C43H48.